The van der Waals surface area contributed by atoms with Crippen LogP contribution in [0.5, 0.6) is 5.75 Å². The van der Waals surface area contributed by atoms with Crippen molar-refractivity contribution in [2.75, 3.05) is 7.11 Å². The molecule has 0 aliphatic rings. The molecule has 1 unspecified atom stereocenters. The van der Waals surface area contributed by atoms with Crippen molar-refractivity contribution in [2.45, 2.75) is 26.4 Å². The van der Waals surface area contributed by atoms with Crippen molar-refractivity contribution in [1.82, 2.24) is 5.32 Å². The lowest BCUT2D eigenvalue weighted by Crippen LogP contribution is -2.40. The highest BCUT2D eigenvalue weighted by atomic mass is 32.1. The summed E-state index contributed by atoms with van der Waals surface area (Å²) in [5, 5.41) is 12.3. The van der Waals surface area contributed by atoms with Gasteiger partial charge >= 0.3 is 5.97 Å². The van der Waals surface area contributed by atoms with Gasteiger partial charge < -0.3 is 9.84 Å². The zero-order chi connectivity index (χ0) is 16.1. The van der Waals surface area contributed by atoms with Crippen LogP contribution in [0.1, 0.15) is 18.7 Å². The maximum Gasteiger partial charge on any atom is 0.320 e. The highest BCUT2D eigenvalue weighted by Crippen LogP contribution is 2.29. The Hall–Kier alpha value is -1.85. The van der Waals surface area contributed by atoms with Gasteiger partial charge in [0.2, 0.25) is 0 Å². The average molecular weight is 319 g/mol. The van der Waals surface area contributed by atoms with Crippen molar-refractivity contribution in [1.29, 1.82) is 0 Å². The van der Waals surface area contributed by atoms with Crippen LogP contribution in [0.3, 0.4) is 0 Å². The lowest BCUT2D eigenvalue weighted by molar-refractivity contribution is -0.140. The van der Waals surface area contributed by atoms with Gasteiger partial charge in [-0.25, -0.2) is 0 Å². The van der Waals surface area contributed by atoms with E-state index in [1.807, 2.05) is 44.2 Å². The molecule has 1 heterocycles. The first-order valence-electron chi connectivity index (χ1n) is 7.20. The van der Waals surface area contributed by atoms with Crippen molar-refractivity contribution in [3.8, 4) is 16.2 Å². The molecule has 2 N–H and O–H groups in total. The van der Waals surface area contributed by atoms with E-state index in [2.05, 4.69) is 11.4 Å². The van der Waals surface area contributed by atoms with Gasteiger partial charge in [-0.05, 0) is 47.9 Å². The fraction of sp³-hybridized carbons (Fsp3) is 0.353. The molecule has 0 amide bonds. The molecule has 4 nitrogen and oxygen atoms in total. The van der Waals surface area contributed by atoms with E-state index in [0.29, 0.717) is 6.54 Å². The van der Waals surface area contributed by atoms with Gasteiger partial charge in [-0.3, -0.25) is 10.1 Å². The number of hydrogen-bond acceptors (Lipinski definition) is 4. The van der Waals surface area contributed by atoms with Crippen LogP contribution in [0.25, 0.3) is 10.4 Å². The Labute approximate surface area is 134 Å². The van der Waals surface area contributed by atoms with Crippen molar-refractivity contribution in [3.63, 3.8) is 0 Å². The zero-order valence-corrected chi connectivity index (χ0v) is 13.8. The summed E-state index contributed by atoms with van der Waals surface area (Å²) in [5.74, 6) is 0.0869. The topological polar surface area (TPSA) is 58.6 Å². The Morgan fingerprint density at radius 1 is 1.23 bits per heavy atom. The third kappa shape index (κ3) is 4.08. The molecular weight excluding hydrogens is 298 g/mol. The fourth-order valence-corrected chi connectivity index (χ4v) is 3.17. The molecule has 1 aromatic carbocycles. The van der Waals surface area contributed by atoms with E-state index in [4.69, 9.17) is 4.74 Å². The quantitative estimate of drug-likeness (QED) is 0.818. The van der Waals surface area contributed by atoms with E-state index in [0.717, 1.165) is 21.1 Å². The van der Waals surface area contributed by atoms with Crippen LogP contribution in [0.15, 0.2) is 36.4 Å². The lowest BCUT2D eigenvalue weighted by atomic mass is 10.1. The minimum absolute atomic E-state index is 0.0542. The summed E-state index contributed by atoms with van der Waals surface area (Å²) in [7, 11) is 1.65. The first-order chi connectivity index (χ1) is 10.5. The van der Waals surface area contributed by atoms with Gasteiger partial charge in [0.15, 0.2) is 0 Å². The fourth-order valence-electron chi connectivity index (χ4n) is 2.20. The molecule has 118 valence electrons. The molecule has 0 saturated carbocycles. The van der Waals surface area contributed by atoms with E-state index in [1.165, 1.54) is 0 Å². The van der Waals surface area contributed by atoms with Gasteiger partial charge in [0.1, 0.15) is 11.8 Å². The summed E-state index contributed by atoms with van der Waals surface area (Å²) >= 11 is 1.67. The molecule has 0 radical (unpaired) electrons. The Bertz CT molecular complexity index is 619. The number of ether oxygens (including phenoxy) is 1. The standard InChI is InChI=1S/C17H21NO3S/c1-11(2)16(17(19)20)18-10-14-8-9-15(22-14)12-4-6-13(21-3)7-5-12/h4-9,11,16,18H,10H2,1-3H3,(H,19,20). The monoisotopic (exact) mass is 319 g/mol. The SMILES string of the molecule is COc1ccc(-c2ccc(CNC(C(=O)O)C(C)C)s2)cc1. The summed E-state index contributed by atoms with van der Waals surface area (Å²) in [5.41, 5.74) is 1.13. The van der Waals surface area contributed by atoms with Crippen molar-refractivity contribution >= 4 is 17.3 Å². The summed E-state index contributed by atoms with van der Waals surface area (Å²) in [6, 6.07) is 11.5. The zero-order valence-electron chi connectivity index (χ0n) is 13.0. The normalized spacial score (nSPS) is 12.4. The molecule has 5 heteroatoms. The first kappa shape index (κ1) is 16.5. The van der Waals surface area contributed by atoms with Gasteiger partial charge in [0.05, 0.1) is 7.11 Å². The summed E-state index contributed by atoms with van der Waals surface area (Å²) < 4.78 is 5.16. The van der Waals surface area contributed by atoms with Gasteiger partial charge in [-0.1, -0.05) is 13.8 Å². The smallest absolute Gasteiger partial charge is 0.320 e. The lowest BCUT2D eigenvalue weighted by Gasteiger charge is -2.17. The van der Waals surface area contributed by atoms with Crippen LogP contribution < -0.4 is 10.1 Å². The average Bonchev–Trinajstić information content (AvgIpc) is 2.95. The number of rotatable bonds is 7. The minimum atomic E-state index is -0.804. The Morgan fingerprint density at radius 2 is 1.91 bits per heavy atom. The molecule has 2 aromatic rings. The summed E-state index contributed by atoms with van der Waals surface area (Å²) in [6.45, 7) is 4.38. The number of carboxylic acid groups (broad SMARTS) is 1. The molecule has 0 aliphatic carbocycles. The molecule has 22 heavy (non-hydrogen) atoms. The highest BCUT2D eigenvalue weighted by Gasteiger charge is 2.20. The van der Waals surface area contributed by atoms with Crippen molar-refractivity contribution in [2.24, 2.45) is 5.92 Å². The van der Waals surface area contributed by atoms with Gasteiger partial charge in [0.25, 0.3) is 0 Å². The largest absolute Gasteiger partial charge is 0.497 e. The van der Waals surface area contributed by atoms with Gasteiger partial charge in [0, 0.05) is 16.3 Å². The van der Waals surface area contributed by atoms with Crippen LogP contribution in [0.2, 0.25) is 0 Å². The number of methoxy groups -OCH3 is 1. The molecule has 1 aromatic heterocycles. The maximum atomic E-state index is 11.2. The number of carbonyl (C=O) groups is 1. The van der Waals surface area contributed by atoms with Crippen LogP contribution >= 0.6 is 11.3 Å². The van der Waals surface area contributed by atoms with E-state index in [-0.39, 0.29) is 5.92 Å². The number of nitrogens with one attached hydrogen (secondary N) is 1. The van der Waals surface area contributed by atoms with Crippen molar-refractivity contribution < 1.29 is 14.6 Å². The first-order valence-corrected chi connectivity index (χ1v) is 8.02. The predicted molar refractivity (Wildman–Crippen MR) is 89.4 cm³/mol. The van der Waals surface area contributed by atoms with Gasteiger partial charge in [-0.15, -0.1) is 11.3 Å². The predicted octanol–water partition coefficient (Wildman–Crippen LogP) is 3.62. The van der Waals surface area contributed by atoms with Gasteiger partial charge in [-0.2, -0.15) is 0 Å². The van der Waals surface area contributed by atoms with Crippen molar-refractivity contribution in [3.05, 3.63) is 41.3 Å². The minimum Gasteiger partial charge on any atom is -0.497 e. The van der Waals surface area contributed by atoms with E-state index in [1.54, 1.807) is 18.4 Å². The molecule has 0 bridgehead atoms. The molecular formula is C17H21NO3S. The Balaban J connectivity index is 2.03. The second kappa shape index (κ2) is 7.42. The maximum absolute atomic E-state index is 11.2. The molecule has 0 aliphatic heterocycles. The number of benzene rings is 1. The second-order valence-electron chi connectivity index (χ2n) is 5.44. The number of aliphatic carboxylic acids is 1. The number of hydrogen-bond donors (Lipinski definition) is 2. The number of thiophene rings is 1. The van der Waals surface area contributed by atoms with E-state index >= 15 is 0 Å². The van der Waals surface area contributed by atoms with Crippen LogP contribution in [-0.4, -0.2) is 24.2 Å². The molecule has 2 rings (SSSR count). The highest BCUT2D eigenvalue weighted by molar-refractivity contribution is 7.15. The second-order valence-corrected chi connectivity index (χ2v) is 6.60. The van der Waals surface area contributed by atoms with E-state index < -0.39 is 12.0 Å². The summed E-state index contributed by atoms with van der Waals surface area (Å²) in [4.78, 5) is 13.5. The van der Waals surface area contributed by atoms with Crippen LogP contribution in [0, 0.1) is 5.92 Å². The third-order valence-corrected chi connectivity index (χ3v) is 4.60. The molecule has 1 atom stereocenters. The Kier molecular flexibility index (Phi) is 5.57. The Morgan fingerprint density at radius 3 is 2.45 bits per heavy atom. The molecule has 0 spiro atoms. The van der Waals surface area contributed by atoms with E-state index in [9.17, 15) is 9.90 Å². The molecule has 0 saturated heterocycles. The number of carboxylic acids is 1. The third-order valence-electron chi connectivity index (χ3n) is 3.47. The summed E-state index contributed by atoms with van der Waals surface area (Å²) in [6.07, 6.45) is 0. The van der Waals surface area contributed by atoms with Crippen LogP contribution in [0.4, 0.5) is 0 Å². The van der Waals surface area contributed by atoms with Crippen LogP contribution in [-0.2, 0) is 11.3 Å². The molecule has 0 fully saturated rings.